The van der Waals surface area contributed by atoms with E-state index in [0.29, 0.717) is 17.6 Å². The highest BCUT2D eigenvalue weighted by atomic mass is 16.5. The molecule has 1 saturated carbocycles. The normalized spacial score (nSPS) is 19.3. The Bertz CT molecular complexity index is 809. The summed E-state index contributed by atoms with van der Waals surface area (Å²) in [6.45, 7) is 2.06. The number of benzene rings is 1. The molecule has 4 rings (SSSR count). The smallest absolute Gasteiger partial charge is 0.323 e. The fourth-order valence-corrected chi connectivity index (χ4v) is 3.98. The summed E-state index contributed by atoms with van der Waals surface area (Å²) in [5.74, 6) is 0.612. The number of urea groups is 1. The van der Waals surface area contributed by atoms with Gasteiger partial charge in [0.05, 0.1) is 11.9 Å². The molecule has 29 heavy (non-hydrogen) atoms. The summed E-state index contributed by atoms with van der Waals surface area (Å²) in [6.07, 6.45) is 7.68. The Morgan fingerprint density at radius 2 is 1.79 bits per heavy atom. The van der Waals surface area contributed by atoms with Crippen LogP contribution in [-0.2, 0) is 0 Å². The summed E-state index contributed by atoms with van der Waals surface area (Å²) >= 11 is 0. The number of nitrogens with one attached hydrogen (secondary N) is 3. The van der Waals surface area contributed by atoms with Gasteiger partial charge in [0.25, 0.3) is 0 Å². The number of ether oxygens (including phenoxy) is 1. The van der Waals surface area contributed by atoms with E-state index in [1.54, 1.807) is 12.3 Å². The van der Waals surface area contributed by atoms with E-state index in [9.17, 15) is 4.79 Å². The first-order chi connectivity index (χ1) is 14.2. The number of amides is 2. The third-order valence-corrected chi connectivity index (χ3v) is 5.67. The lowest BCUT2D eigenvalue weighted by molar-refractivity contribution is 0.201. The molecule has 1 aliphatic heterocycles. The minimum Gasteiger partial charge on any atom is -0.474 e. The zero-order valence-corrected chi connectivity index (χ0v) is 16.9. The number of aromatic nitrogens is 1. The number of anilines is 3. The van der Waals surface area contributed by atoms with E-state index in [2.05, 4.69) is 25.8 Å². The van der Waals surface area contributed by atoms with Crippen LogP contribution in [0.5, 0.6) is 5.88 Å². The highest BCUT2D eigenvalue weighted by molar-refractivity contribution is 5.99. The first-order valence-electron chi connectivity index (χ1n) is 10.4. The average Bonchev–Trinajstić information content (AvgIpc) is 3.42. The number of hydrogen-bond acceptors (Lipinski definition) is 5. The van der Waals surface area contributed by atoms with E-state index in [1.165, 1.54) is 18.5 Å². The number of carbonyl (C=O) groups excluding carboxylic acids is 1. The molecule has 1 aliphatic carbocycles. The zero-order chi connectivity index (χ0) is 20.1. The van der Waals surface area contributed by atoms with Crippen molar-refractivity contribution >= 4 is 23.1 Å². The van der Waals surface area contributed by atoms with Gasteiger partial charge in [-0.15, -0.1) is 0 Å². The van der Waals surface area contributed by atoms with E-state index in [0.717, 1.165) is 38.0 Å². The predicted molar refractivity (Wildman–Crippen MR) is 118 cm³/mol. The van der Waals surface area contributed by atoms with Gasteiger partial charge in [-0.2, -0.15) is 0 Å². The van der Waals surface area contributed by atoms with E-state index in [1.807, 2.05) is 37.4 Å². The minimum atomic E-state index is -0.291. The van der Waals surface area contributed by atoms with Crippen LogP contribution in [0.25, 0.3) is 0 Å². The van der Waals surface area contributed by atoms with Crippen LogP contribution in [-0.4, -0.2) is 43.3 Å². The Hall–Kier alpha value is -2.80. The van der Waals surface area contributed by atoms with Gasteiger partial charge >= 0.3 is 6.03 Å². The van der Waals surface area contributed by atoms with Crippen molar-refractivity contribution in [1.29, 1.82) is 0 Å². The van der Waals surface area contributed by atoms with Crippen molar-refractivity contribution in [2.24, 2.45) is 0 Å². The van der Waals surface area contributed by atoms with Gasteiger partial charge in [-0.05, 0) is 69.5 Å². The van der Waals surface area contributed by atoms with Crippen molar-refractivity contribution in [1.82, 2.24) is 10.3 Å². The van der Waals surface area contributed by atoms with Gasteiger partial charge in [0.2, 0.25) is 5.88 Å². The van der Waals surface area contributed by atoms with E-state index >= 15 is 0 Å². The lowest BCUT2D eigenvalue weighted by Crippen LogP contribution is -2.29. The zero-order valence-electron chi connectivity index (χ0n) is 16.9. The SMILES string of the molecule is CNC1CCN(c2ccc(NC(=O)Nc3ccc(OC4CCCC4)nc3)cc2)C1.[HH]. The van der Waals surface area contributed by atoms with Crippen LogP contribution in [0.2, 0.25) is 0 Å². The molecule has 156 valence electrons. The number of nitrogens with zero attached hydrogens (tertiary/aromatic N) is 2. The molecule has 7 heteroatoms. The molecule has 1 unspecified atom stereocenters. The maximum atomic E-state index is 12.3. The third-order valence-electron chi connectivity index (χ3n) is 5.67. The van der Waals surface area contributed by atoms with Crippen molar-refractivity contribution in [3.63, 3.8) is 0 Å². The van der Waals surface area contributed by atoms with Gasteiger partial charge in [0.1, 0.15) is 6.10 Å². The van der Waals surface area contributed by atoms with Crippen LogP contribution in [0, 0.1) is 0 Å². The average molecular weight is 398 g/mol. The quantitative estimate of drug-likeness (QED) is 0.684. The Kier molecular flexibility index (Phi) is 6.14. The van der Waals surface area contributed by atoms with Crippen molar-refractivity contribution in [2.75, 3.05) is 35.7 Å². The Morgan fingerprint density at radius 3 is 2.45 bits per heavy atom. The summed E-state index contributed by atoms with van der Waals surface area (Å²) in [5.41, 5.74) is 2.56. The molecule has 0 radical (unpaired) electrons. The maximum absolute atomic E-state index is 12.3. The fraction of sp³-hybridized carbons (Fsp3) is 0.455. The van der Waals surface area contributed by atoms with E-state index in [-0.39, 0.29) is 13.6 Å². The molecule has 2 fully saturated rings. The number of hydrogen-bond donors (Lipinski definition) is 3. The molecule has 2 aliphatic rings. The molecule has 0 bridgehead atoms. The first-order valence-corrected chi connectivity index (χ1v) is 10.4. The largest absolute Gasteiger partial charge is 0.474 e. The lowest BCUT2D eigenvalue weighted by atomic mass is 10.2. The molecule has 2 aromatic rings. The number of carbonyl (C=O) groups is 1. The van der Waals surface area contributed by atoms with Crippen molar-refractivity contribution in [2.45, 2.75) is 44.2 Å². The monoisotopic (exact) mass is 397 g/mol. The standard InChI is InChI=1S/C22H29N5O2.H2/c1-23-18-12-13-27(15-18)19-9-6-16(7-10-19)25-22(28)26-17-8-11-21(24-14-17)29-20-4-2-3-5-20;/h6-11,14,18,20,23H,2-5,12-13,15H2,1H3,(H2,25,26,28);1H. The molecule has 1 aromatic carbocycles. The van der Waals surface area contributed by atoms with Gasteiger partial charge in [-0.25, -0.2) is 9.78 Å². The molecular formula is C22H31N5O2. The molecule has 1 saturated heterocycles. The second-order valence-corrected chi connectivity index (χ2v) is 7.76. The van der Waals surface area contributed by atoms with Crippen LogP contribution in [0.4, 0.5) is 21.9 Å². The summed E-state index contributed by atoms with van der Waals surface area (Å²) in [5, 5.41) is 8.99. The molecule has 7 nitrogen and oxygen atoms in total. The molecule has 3 N–H and O–H groups in total. The second kappa shape index (κ2) is 9.13. The topological polar surface area (TPSA) is 78.5 Å². The Morgan fingerprint density at radius 1 is 1.07 bits per heavy atom. The molecule has 2 heterocycles. The summed E-state index contributed by atoms with van der Waals surface area (Å²) < 4.78 is 5.85. The fourth-order valence-electron chi connectivity index (χ4n) is 3.98. The maximum Gasteiger partial charge on any atom is 0.323 e. The molecular weight excluding hydrogens is 366 g/mol. The summed E-state index contributed by atoms with van der Waals surface area (Å²) in [6, 6.07) is 11.8. The second-order valence-electron chi connectivity index (χ2n) is 7.76. The van der Waals surface area contributed by atoms with Crippen molar-refractivity contribution < 1.29 is 11.0 Å². The summed E-state index contributed by atoms with van der Waals surface area (Å²) in [7, 11) is 2.01. The molecule has 2 amide bonds. The van der Waals surface area contributed by atoms with Crippen LogP contribution >= 0.6 is 0 Å². The highest BCUT2D eigenvalue weighted by Crippen LogP contribution is 2.24. The van der Waals surface area contributed by atoms with Crippen LogP contribution in [0.3, 0.4) is 0 Å². The number of pyridine rings is 1. The van der Waals surface area contributed by atoms with E-state index in [4.69, 9.17) is 4.74 Å². The number of likely N-dealkylation sites (N-methyl/N-ethyl adjacent to an activating group) is 1. The van der Waals surface area contributed by atoms with Gasteiger partial charge in [-0.1, -0.05) is 0 Å². The predicted octanol–water partition coefficient (Wildman–Crippen LogP) is 4.09. The lowest BCUT2D eigenvalue weighted by Gasteiger charge is -2.19. The van der Waals surface area contributed by atoms with Crippen LogP contribution in [0.1, 0.15) is 33.5 Å². The van der Waals surface area contributed by atoms with E-state index < -0.39 is 0 Å². The van der Waals surface area contributed by atoms with Gasteiger partial charge in [0, 0.05) is 38.0 Å². The molecule has 1 aromatic heterocycles. The van der Waals surface area contributed by atoms with Crippen LogP contribution < -0.4 is 25.6 Å². The molecule has 1 atom stereocenters. The van der Waals surface area contributed by atoms with Gasteiger partial charge in [-0.3, -0.25) is 0 Å². The number of rotatable bonds is 6. The molecule has 0 spiro atoms. The van der Waals surface area contributed by atoms with Gasteiger partial charge < -0.3 is 25.6 Å². The van der Waals surface area contributed by atoms with Crippen molar-refractivity contribution in [3.8, 4) is 5.88 Å². The summed E-state index contributed by atoms with van der Waals surface area (Å²) in [4.78, 5) is 18.9. The highest BCUT2D eigenvalue weighted by Gasteiger charge is 2.21. The third kappa shape index (κ3) is 5.17. The Labute approximate surface area is 173 Å². The Balaban J connectivity index is 0.00000256. The van der Waals surface area contributed by atoms with Crippen LogP contribution in [0.15, 0.2) is 42.6 Å². The van der Waals surface area contributed by atoms with Crippen molar-refractivity contribution in [3.05, 3.63) is 42.6 Å². The minimum absolute atomic E-state index is 0. The van der Waals surface area contributed by atoms with Gasteiger partial charge in [0.15, 0.2) is 0 Å². The first kappa shape index (κ1) is 19.5.